The normalized spacial score (nSPS) is 19.2. The van der Waals surface area contributed by atoms with Gasteiger partial charge in [0.15, 0.2) is 0 Å². The molecule has 0 amide bonds. The maximum absolute atomic E-state index is 13.1. The van der Waals surface area contributed by atoms with Crippen LogP contribution in [0.3, 0.4) is 0 Å². The zero-order valence-electron chi connectivity index (χ0n) is 9.97. The van der Waals surface area contributed by atoms with E-state index in [9.17, 15) is 4.39 Å². The molecule has 1 aliphatic heterocycles. The number of rotatable bonds is 3. The first-order chi connectivity index (χ1) is 8.22. The Bertz CT molecular complexity index is 378. The summed E-state index contributed by atoms with van der Waals surface area (Å²) in [6.45, 7) is 2.11. The lowest BCUT2D eigenvalue weighted by molar-refractivity contribution is 0.294. The standard InChI is InChI=1S/C13H18ClFN2/c1-16-13(9-4-6-17-7-5-9)10-2-3-12(15)11(14)8-10/h2-3,8-9,13,16-17H,4-7H2,1H3. The van der Waals surface area contributed by atoms with Crippen LogP contribution in [-0.2, 0) is 0 Å². The second kappa shape index (κ2) is 5.80. The number of piperidine rings is 1. The molecular formula is C13H18ClFN2. The topological polar surface area (TPSA) is 24.1 Å². The lowest BCUT2D eigenvalue weighted by atomic mass is 9.86. The number of halogens is 2. The molecule has 1 heterocycles. The highest BCUT2D eigenvalue weighted by Crippen LogP contribution is 2.30. The Kier molecular flexibility index (Phi) is 4.37. The van der Waals surface area contributed by atoms with Crippen molar-refractivity contribution in [3.63, 3.8) is 0 Å². The third kappa shape index (κ3) is 2.97. The van der Waals surface area contributed by atoms with Crippen LogP contribution in [0.25, 0.3) is 0 Å². The summed E-state index contributed by atoms with van der Waals surface area (Å²) in [5.41, 5.74) is 1.07. The fourth-order valence-electron chi connectivity index (χ4n) is 2.56. The maximum Gasteiger partial charge on any atom is 0.141 e. The van der Waals surface area contributed by atoms with E-state index in [0.29, 0.717) is 5.92 Å². The minimum Gasteiger partial charge on any atom is -0.317 e. The predicted molar refractivity (Wildman–Crippen MR) is 68.8 cm³/mol. The van der Waals surface area contributed by atoms with Gasteiger partial charge in [-0.05, 0) is 56.6 Å². The highest BCUT2D eigenvalue weighted by Gasteiger charge is 2.23. The van der Waals surface area contributed by atoms with E-state index in [0.717, 1.165) is 31.5 Å². The van der Waals surface area contributed by atoms with Gasteiger partial charge in [0.1, 0.15) is 5.82 Å². The van der Waals surface area contributed by atoms with E-state index in [1.165, 1.54) is 6.07 Å². The zero-order chi connectivity index (χ0) is 12.3. The van der Waals surface area contributed by atoms with Crippen molar-refractivity contribution in [1.82, 2.24) is 10.6 Å². The summed E-state index contributed by atoms with van der Waals surface area (Å²) in [6.07, 6.45) is 2.28. The van der Waals surface area contributed by atoms with Gasteiger partial charge in [0, 0.05) is 6.04 Å². The van der Waals surface area contributed by atoms with Crippen molar-refractivity contribution in [3.8, 4) is 0 Å². The van der Waals surface area contributed by atoms with E-state index in [2.05, 4.69) is 10.6 Å². The Morgan fingerprint density at radius 2 is 2.12 bits per heavy atom. The molecule has 0 aliphatic carbocycles. The van der Waals surface area contributed by atoms with E-state index in [1.54, 1.807) is 6.07 Å². The summed E-state index contributed by atoms with van der Waals surface area (Å²) in [6, 6.07) is 5.27. The van der Waals surface area contributed by atoms with E-state index >= 15 is 0 Å². The van der Waals surface area contributed by atoms with Crippen LogP contribution in [0.2, 0.25) is 5.02 Å². The molecule has 2 nitrogen and oxygen atoms in total. The zero-order valence-corrected chi connectivity index (χ0v) is 10.7. The van der Waals surface area contributed by atoms with E-state index in [1.807, 2.05) is 13.1 Å². The first-order valence-corrected chi connectivity index (χ1v) is 6.43. The molecule has 1 aromatic carbocycles. The number of hydrogen-bond donors (Lipinski definition) is 2. The largest absolute Gasteiger partial charge is 0.317 e. The molecule has 0 saturated carbocycles. The van der Waals surface area contributed by atoms with Crippen LogP contribution in [0.15, 0.2) is 18.2 Å². The fourth-order valence-corrected chi connectivity index (χ4v) is 2.75. The second-order valence-corrected chi connectivity index (χ2v) is 4.93. The van der Waals surface area contributed by atoms with E-state index < -0.39 is 0 Å². The minimum atomic E-state index is -0.351. The summed E-state index contributed by atoms with van der Waals surface area (Å²) in [4.78, 5) is 0. The summed E-state index contributed by atoms with van der Waals surface area (Å²) in [5.74, 6) is 0.235. The highest BCUT2D eigenvalue weighted by molar-refractivity contribution is 6.30. The lowest BCUT2D eigenvalue weighted by Gasteiger charge is -2.31. The molecule has 2 N–H and O–H groups in total. The van der Waals surface area contributed by atoms with E-state index in [4.69, 9.17) is 11.6 Å². The molecule has 1 saturated heterocycles. The average molecular weight is 257 g/mol. The van der Waals surface area contributed by atoms with Gasteiger partial charge in [-0.2, -0.15) is 0 Å². The molecule has 1 aliphatic rings. The fraction of sp³-hybridized carbons (Fsp3) is 0.538. The first-order valence-electron chi connectivity index (χ1n) is 6.05. The number of benzene rings is 1. The van der Waals surface area contributed by atoms with Crippen LogP contribution in [0.5, 0.6) is 0 Å². The SMILES string of the molecule is CNC(c1ccc(F)c(Cl)c1)C1CCNCC1. The van der Waals surface area contributed by atoms with Crippen LogP contribution >= 0.6 is 11.6 Å². The Balaban J connectivity index is 2.18. The predicted octanol–water partition coefficient (Wildman–Crippen LogP) is 2.74. The molecule has 1 aromatic rings. The molecule has 0 spiro atoms. The molecule has 1 atom stereocenters. The molecule has 17 heavy (non-hydrogen) atoms. The van der Waals surface area contributed by atoms with Crippen LogP contribution in [-0.4, -0.2) is 20.1 Å². The summed E-state index contributed by atoms with van der Waals surface area (Å²) in [5, 5.41) is 6.88. The van der Waals surface area contributed by atoms with Gasteiger partial charge in [-0.1, -0.05) is 17.7 Å². The Hall–Kier alpha value is -0.640. The van der Waals surface area contributed by atoms with E-state index in [-0.39, 0.29) is 16.9 Å². The Labute approximate surface area is 107 Å². The summed E-state index contributed by atoms with van der Waals surface area (Å²) >= 11 is 5.84. The van der Waals surface area contributed by atoms with Gasteiger partial charge in [0.05, 0.1) is 5.02 Å². The van der Waals surface area contributed by atoms with Crippen LogP contribution < -0.4 is 10.6 Å². The molecule has 94 valence electrons. The van der Waals surface area contributed by atoms with Crippen LogP contribution in [0.4, 0.5) is 4.39 Å². The van der Waals surface area contributed by atoms with Gasteiger partial charge >= 0.3 is 0 Å². The highest BCUT2D eigenvalue weighted by atomic mass is 35.5. The Morgan fingerprint density at radius 3 is 2.71 bits per heavy atom. The first kappa shape index (κ1) is 12.8. The monoisotopic (exact) mass is 256 g/mol. The lowest BCUT2D eigenvalue weighted by Crippen LogP contribution is -2.35. The molecule has 2 rings (SSSR count). The van der Waals surface area contributed by atoms with Crippen LogP contribution in [0.1, 0.15) is 24.4 Å². The van der Waals surface area contributed by atoms with Crippen molar-refractivity contribution in [2.24, 2.45) is 5.92 Å². The van der Waals surface area contributed by atoms with Crippen molar-refractivity contribution < 1.29 is 4.39 Å². The van der Waals surface area contributed by atoms with Gasteiger partial charge < -0.3 is 10.6 Å². The molecule has 4 heteroatoms. The second-order valence-electron chi connectivity index (χ2n) is 4.53. The third-order valence-corrected chi connectivity index (χ3v) is 3.76. The number of nitrogens with one attached hydrogen (secondary N) is 2. The van der Waals surface area contributed by atoms with Gasteiger partial charge in [-0.15, -0.1) is 0 Å². The molecule has 0 radical (unpaired) electrons. The van der Waals surface area contributed by atoms with Crippen molar-refractivity contribution in [3.05, 3.63) is 34.6 Å². The Morgan fingerprint density at radius 1 is 1.41 bits per heavy atom. The van der Waals surface area contributed by atoms with Crippen molar-refractivity contribution >= 4 is 11.6 Å². The summed E-state index contributed by atoms with van der Waals surface area (Å²) in [7, 11) is 1.95. The quantitative estimate of drug-likeness (QED) is 0.869. The van der Waals surface area contributed by atoms with Gasteiger partial charge in [-0.25, -0.2) is 4.39 Å². The third-order valence-electron chi connectivity index (χ3n) is 3.47. The van der Waals surface area contributed by atoms with Crippen molar-refractivity contribution in [1.29, 1.82) is 0 Å². The molecule has 0 aromatic heterocycles. The van der Waals surface area contributed by atoms with Crippen molar-refractivity contribution in [2.45, 2.75) is 18.9 Å². The minimum absolute atomic E-state index is 0.205. The smallest absolute Gasteiger partial charge is 0.141 e. The van der Waals surface area contributed by atoms with Crippen LogP contribution in [0, 0.1) is 11.7 Å². The molecular weight excluding hydrogens is 239 g/mol. The molecule has 1 fully saturated rings. The number of hydrogen-bond acceptors (Lipinski definition) is 2. The van der Waals surface area contributed by atoms with Gasteiger partial charge in [-0.3, -0.25) is 0 Å². The molecule has 0 bridgehead atoms. The van der Waals surface area contributed by atoms with Gasteiger partial charge in [0.2, 0.25) is 0 Å². The average Bonchev–Trinajstić information content (AvgIpc) is 2.36. The van der Waals surface area contributed by atoms with Crippen molar-refractivity contribution in [2.75, 3.05) is 20.1 Å². The summed E-state index contributed by atoms with van der Waals surface area (Å²) < 4.78 is 13.1. The molecule has 1 unspecified atom stereocenters. The van der Waals surface area contributed by atoms with Gasteiger partial charge in [0.25, 0.3) is 0 Å². The maximum atomic E-state index is 13.1.